The predicted molar refractivity (Wildman–Crippen MR) is 73.7 cm³/mol. The number of hydrogen-bond acceptors (Lipinski definition) is 3. The molecular formula is C16H20N2O. The summed E-state index contributed by atoms with van der Waals surface area (Å²) in [6.07, 6.45) is 6.20. The van der Waals surface area contributed by atoms with Crippen molar-refractivity contribution in [3.63, 3.8) is 0 Å². The molecule has 19 heavy (non-hydrogen) atoms. The molecule has 100 valence electrons. The molecule has 0 amide bonds. The highest BCUT2D eigenvalue weighted by Gasteiger charge is 2.43. The number of nitrogens with zero attached hydrogens (tertiary/aromatic N) is 1. The minimum atomic E-state index is 0.140. The van der Waals surface area contributed by atoms with Gasteiger partial charge in [0.25, 0.3) is 0 Å². The van der Waals surface area contributed by atoms with Gasteiger partial charge in [-0.15, -0.1) is 0 Å². The number of aryl methyl sites for hydroxylation is 1. The Morgan fingerprint density at radius 2 is 2.26 bits per heavy atom. The summed E-state index contributed by atoms with van der Waals surface area (Å²) in [6, 6.07) is 8.72. The van der Waals surface area contributed by atoms with Crippen molar-refractivity contribution in [2.75, 3.05) is 6.61 Å². The summed E-state index contributed by atoms with van der Waals surface area (Å²) < 4.78 is 5.90. The summed E-state index contributed by atoms with van der Waals surface area (Å²) in [5.41, 5.74) is 8.86. The van der Waals surface area contributed by atoms with Crippen LogP contribution in [-0.4, -0.2) is 6.61 Å². The van der Waals surface area contributed by atoms with E-state index in [9.17, 15) is 0 Å². The number of fused-ring (bicyclic) bond motifs is 1. The van der Waals surface area contributed by atoms with Gasteiger partial charge in [0.05, 0.1) is 12.7 Å². The molecule has 1 fully saturated rings. The van der Waals surface area contributed by atoms with Crippen LogP contribution >= 0.6 is 0 Å². The smallest absolute Gasteiger partial charge is 0.119 e. The average molecular weight is 256 g/mol. The molecule has 1 unspecified atom stereocenters. The first-order valence-electron chi connectivity index (χ1n) is 7.11. The van der Waals surface area contributed by atoms with Crippen molar-refractivity contribution >= 4 is 0 Å². The van der Waals surface area contributed by atoms with Crippen molar-refractivity contribution in [2.24, 2.45) is 11.1 Å². The Hall–Kier alpha value is -1.53. The summed E-state index contributed by atoms with van der Waals surface area (Å²) >= 11 is 0. The molecule has 0 heterocycles. The molecule has 0 aromatic heterocycles. The van der Waals surface area contributed by atoms with Crippen molar-refractivity contribution < 1.29 is 4.74 Å². The quantitative estimate of drug-likeness (QED) is 0.900. The SMILES string of the molecule is N#CCC1(COc2ccc3c(c2)CCCC3N)CC1. The van der Waals surface area contributed by atoms with E-state index in [-0.39, 0.29) is 11.5 Å². The zero-order valence-electron chi connectivity index (χ0n) is 11.2. The van der Waals surface area contributed by atoms with Crippen LogP contribution in [0.5, 0.6) is 5.75 Å². The van der Waals surface area contributed by atoms with Crippen molar-refractivity contribution in [2.45, 2.75) is 44.6 Å². The van der Waals surface area contributed by atoms with Gasteiger partial charge in [0.2, 0.25) is 0 Å². The Morgan fingerprint density at radius 3 is 3.00 bits per heavy atom. The van der Waals surface area contributed by atoms with E-state index in [0.29, 0.717) is 13.0 Å². The van der Waals surface area contributed by atoms with Gasteiger partial charge in [-0.2, -0.15) is 5.26 Å². The fourth-order valence-electron chi connectivity index (χ4n) is 2.87. The Kier molecular flexibility index (Phi) is 3.20. The normalized spacial score (nSPS) is 23.3. The monoisotopic (exact) mass is 256 g/mol. The second-order valence-electron chi connectivity index (χ2n) is 5.98. The van der Waals surface area contributed by atoms with Gasteiger partial charge in [-0.25, -0.2) is 0 Å². The van der Waals surface area contributed by atoms with Gasteiger partial charge in [0.15, 0.2) is 0 Å². The molecule has 2 aliphatic rings. The Labute approximate surface area is 114 Å². The van der Waals surface area contributed by atoms with Gasteiger partial charge in [-0.1, -0.05) is 6.07 Å². The second-order valence-corrected chi connectivity index (χ2v) is 5.98. The first-order valence-corrected chi connectivity index (χ1v) is 7.11. The standard InChI is InChI=1S/C16H20N2O/c17-9-8-16(6-7-16)11-19-13-4-5-14-12(10-13)2-1-3-15(14)18/h4-5,10,15H,1-3,6-8,11,18H2. The fraction of sp³-hybridized carbons (Fsp3) is 0.562. The molecule has 2 aliphatic carbocycles. The number of ether oxygens (including phenoxy) is 1. The van der Waals surface area contributed by atoms with Crippen LogP contribution in [0.2, 0.25) is 0 Å². The number of hydrogen-bond donors (Lipinski definition) is 1. The van der Waals surface area contributed by atoms with Crippen LogP contribution in [0.1, 0.15) is 49.3 Å². The number of benzene rings is 1. The lowest BCUT2D eigenvalue weighted by Gasteiger charge is -2.23. The van der Waals surface area contributed by atoms with E-state index < -0.39 is 0 Å². The fourth-order valence-corrected chi connectivity index (χ4v) is 2.87. The summed E-state index contributed by atoms with van der Waals surface area (Å²) in [5, 5.41) is 8.81. The third-order valence-electron chi connectivity index (χ3n) is 4.43. The molecule has 0 bridgehead atoms. The molecule has 1 aromatic rings. The van der Waals surface area contributed by atoms with Gasteiger partial charge < -0.3 is 10.5 Å². The molecule has 0 spiro atoms. The van der Waals surface area contributed by atoms with Crippen molar-refractivity contribution in [1.82, 2.24) is 0 Å². The average Bonchev–Trinajstić information content (AvgIpc) is 3.17. The zero-order chi connectivity index (χ0) is 13.3. The van der Waals surface area contributed by atoms with E-state index >= 15 is 0 Å². The Morgan fingerprint density at radius 1 is 1.42 bits per heavy atom. The van der Waals surface area contributed by atoms with Gasteiger partial charge in [-0.05, 0) is 55.4 Å². The minimum Gasteiger partial charge on any atom is -0.493 e. The van der Waals surface area contributed by atoms with E-state index in [1.807, 2.05) is 6.07 Å². The van der Waals surface area contributed by atoms with Crippen LogP contribution in [0, 0.1) is 16.7 Å². The van der Waals surface area contributed by atoms with E-state index in [1.165, 1.54) is 11.1 Å². The highest BCUT2D eigenvalue weighted by Crippen LogP contribution is 2.48. The number of nitriles is 1. The highest BCUT2D eigenvalue weighted by atomic mass is 16.5. The molecule has 0 saturated heterocycles. The first kappa shape index (κ1) is 12.5. The zero-order valence-corrected chi connectivity index (χ0v) is 11.2. The Bertz CT molecular complexity index is 514. The molecule has 3 nitrogen and oxygen atoms in total. The molecule has 1 aromatic carbocycles. The highest BCUT2D eigenvalue weighted by molar-refractivity contribution is 5.39. The third kappa shape index (κ3) is 2.59. The van der Waals surface area contributed by atoms with E-state index in [1.54, 1.807) is 0 Å². The van der Waals surface area contributed by atoms with Crippen LogP contribution in [0.4, 0.5) is 0 Å². The lowest BCUT2D eigenvalue weighted by Crippen LogP contribution is -2.18. The summed E-state index contributed by atoms with van der Waals surface area (Å²) in [4.78, 5) is 0. The largest absolute Gasteiger partial charge is 0.493 e. The van der Waals surface area contributed by atoms with E-state index in [0.717, 1.165) is 37.9 Å². The first-order chi connectivity index (χ1) is 9.22. The second kappa shape index (κ2) is 4.86. The molecule has 1 atom stereocenters. The van der Waals surface area contributed by atoms with Crippen LogP contribution < -0.4 is 10.5 Å². The minimum absolute atomic E-state index is 0.140. The predicted octanol–water partition coefficient (Wildman–Crippen LogP) is 3.10. The van der Waals surface area contributed by atoms with Crippen molar-refractivity contribution in [1.29, 1.82) is 5.26 Å². The maximum atomic E-state index is 8.81. The Balaban J connectivity index is 1.68. The van der Waals surface area contributed by atoms with Crippen LogP contribution in [0.25, 0.3) is 0 Å². The summed E-state index contributed by atoms with van der Waals surface area (Å²) in [7, 11) is 0. The van der Waals surface area contributed by atoms with Gasteiger partial charge in [-0.3, -0.25) is 0 Å². The molecule has 0 aliphatic heterocycles. The van der Waals surface area contributed by atoms with Crippen LogP contribution in [-0.2, 0) is 6.42 Å². The van der Waals surface area contributed by atoms with Crippen LogP contribution in [0.3, 0.4) is 0 Å². The van der Waals surface area contributed by atoms with Crippen LogP contribution in [0.15, 0.2) is 18.2 Å². The maximum absolute atomic E-state index is 8.81. The van der Waals surface area contributed by atoms with Gasteiger partial charge in [0.1, 0.15) is 5.75 Å². The lowest BCUT2D eigenvalue weighted by atomic mass is 9.88. The van der Waals surface area contributed by atoms with E-state index in [2.05, 4.69) is 18.2 Å². The number of rotatable bonds is 4. The maximum Gasteiger partial charge on any atom is 0.119 e. The van der Waals surface area contributed by atoms with Crippen molar-refractivity contribution in [3.8, 4) is 11.8 Å². The third-order valence-corrected chi connectivity index (χ3v) is 4.43. The molecule has 2 N–H and O–H groups in total. The summed E-state index contributed by atoms with van der Waals surface area (Å²) in [6.45, 7) is 0.672. The number of nitrogens with two attached hydrogens (primary N) is 1. The molecule has 0 radical (unpaired) electrons. The van der Waals surface area contributed by atoms with E-state index in [4.69, 9.17) is 15.7 Å². The van der Waals surface area contributed by atoms with Gasteiger partial charge >= 0.3 is 0 Å². The lowest BCUT2D eigenvalue weighted by molar-refractivity contribution is 0.236. The molecule has 1 saturated carbocycles. The summed E-state index contributed by atoms with van der Waals surface area (Å²) in [5.74, 6) is 0.928. The molecule has 3 heteroatoms. The molecular weight excluding hydrogens is 236 g/mol. The molecule has 3 rings (SSSR count). The van der Waals surface area contributed by atoms with Crippen molar-refractivity contribution in [3.05, 3.63) is 29.3 Å². The topological polar surface area (TPSA) is 59.0 Å². The van der Waals surface area contributed by atoms with Gasteiger partial charge in [0, 0.05) is 17.9 Å².